The molecule has 0 spiro atoms. The van der Waals surface area contributed by atoms with Gasteiger partial charge in [-0.15, -0.1) is 0 Å². The molecule has 0 radical (unpaired) electrons. The van der Waals surface area contributed by atoms with Gasteiger partial charge in [-0.3, -0.25) is 0 Å². The smallest absolute Gasteiger partial charge is 0.116 e. The molecular formula is C30H14O. The largest absolute Gasteiger partial charge is 0.508 e. The number of hydrogen-bond donors (Lipinski definition) is 1. The lowest BCUT2D eigenvalue weighted by Crippen LogP contribution is -1.95. The normalized spacial score (nSPS) is 13.3. The molecule has 9 rings (SSSR count). The molecule has 0 atom stereocenters. The van der Waals surface area contributed by atoms with Gasteiger partial charge in [-0.25, -0.2) is 0 Å². The highest BCUT2D eigenvalue weighted by Crippen LogP contribution is 2.52. The van der Waals surface area contributed by atoms with Gasteiger partial charge in [0.05, 0.1) is 0 Å². The van der Waals surface area contributed by atoms with Crippen LogP contribution in [0.1, 0.15) is 0 Å². The molecule has 140 valence electrons. The standard InChI is InChI=1S/C30H14O/c31-22-12-20-10-18-6-4-16-8-14-2-1-3-15-9-17-5-7-19-11-21(13-22)24(20)30-27(18)25(16)29(23(14)15)26(17)28(19)30/h1-13,31H. The molecule has 31 heavy (non-hydrogen) atoms. The van der Waals surface area contributed by atoms with Crippen LogP contribution in [-0.2, 0) is 0 Å². The summed E-state index contributed by atoms with van der Waals surface area (Å²) < 4.78 is 0. The Morgan fingerprint density at radius 3 is 1.13 bits per heavy atom. The van der Waals surface area contributed by atoms with Gasteiger partial charge >= 0.3 is 0 Å². The van der Waals surface area contributed by atoms with E-state index in [-0.39, 0.29) is 0 Å². The van der Waals surface area contributed by atoms with Crippen molar-refractivity contribution >= 4 is 86.2 Å². The summed E-state index contributed by atoms with van der Waals surface area (Å²) in [5.41, 5.74) is 0. The Hall–Kier alpha value is -4.10. The van der Waals surface area contributed by atoms with Gasteiger partial charge in [0, 0.05) is 0 Å². The van der Waals surface area contributed by atoms with E-state index in [1.807, 2.05) is 12.1 Å². The first-order chi connectivity index (χ1) is 15.3. The fraction of sp³-hybridized carbons (Fsp3) is 0. The van der Waals surface area contributed by atoms with E-state index in [0.717, 1.165) is 10.8 Å². The molecule has 0 saturated heterocycles. The van der Waals surface area contributed by atoms with Crippen molar-refractivity contribution in [3.05, 3.63) is 78.9 Å². The lowest BCUT2D eigenvalue weighted by atomic mass is 9.79. The Kier molecular flexibility index (Phi) is 2.14. The predicted octanol–water partition coefficient (Wildman–Crippen LogP) is 8.37. The van der Waals surface area contributed by atoms with Crippen LogP contribution in [-0.4, -0.2) is 5.11 Å². The van der Waals surface area contributed by atoms with E-state index in [2.05, 4.69) is 66.7 Å². The third-order valence-corrected chi connectivity index (χ3v) is 7.60. The summed E-state index contributed by atoms with van der Waals surface area (Å²) in [6.07, 6.45) is 0. The molecule has 0 aromatic heterocycles. The number of phenolic OH excluding ortho intramolecular Hbond substituents is 1. The van der Waals surface area contributed by atoms with Gasteiger partial charge in [0.1, 0.15) is 5.75 Å². The van der Waals surface area contributed by atoms with Gasteiger partial charge in [0.2, 0.25) is 0 Å². The molecule has 0 aliphatic heterocycles. The van der Waals surface area contributed by atoms with E-state index in [0.29, 0.717) is 5.75 Å². The van der Waals surface area contributed by atoms with E-state index in [9.17, 15) is 5.11 Å². The summed E-state index contributed by atoms with van der Waals surface area (Å²) in [6.45, 7) is 0. The average Bonchev–Trinajstić information content (AvgIpc) is 2.78. The SMILES string of the molecule is Oc1cc2cc3ccc4cc5cccc6cc7ccc8cc(c1)c2c1c3c4c(c56)c7c81. The maximum absolute atomic E-state index is 10.4. The van der Waals surface area contributed by atoms with Crippen LogP contribution >= 0.6 is 0 Å². The summed E-state index contributed by atoms with van der Waals surface area (Å²) in [7, 11) is 0. The monoisotopic (exact) mass is 390 g/mol. The van der Waals surface area contributed by atoms with E-state index in [4.69, 9.17) is 0 Å². The van der Waals surface area contributed by atoms with E-state index >= 15 is 0 Å². The second kappa shape index (κ2) is 4.48. The molecule has 9 aromatic carbocycles. The first-order valence-electron chi connectivity index (χ1n) is 10.8. The van der Waals surface area contributed by atoms with Crippen LogP contribution in [0.2, 0.25) is 0 Å². The van der Waals surface area contributed by atoms with Gasteiger partial charge in [-0.1, -0.05) is 42.5 Å². The number of rotatable bonds is 0. The summed E-state index contributed by atoms with van der Waals surface area (Å²) in [6, 6.07) is 28.7. The number of hydrogen-bond acceptors (Lipinski definition) is 1. The zero-order valence-corrected chi connectivity index (χ0v) is 16.5. The number of aromatic hydroxyl groups is 1. The van der Waals surface area contributed by atoms with Gasteiger partial charge < -0.3 is 5.11 Å². The third kappa shape index (κ3) is 1.48. The molecule has 0 fully saturated rings. The topological polar surface area (TPSA) is 20.2 Å². The van der Waals surface area contributed by atoms with Crippen LogP contribution in [0.4, 0.5) is 0 Å². The fourth-order valence-electron chi connectivity index (χ4n) is 6.55. The minimum absolute atomic E-state index is 0.327. The van der Waals surface area contributed by atoms with Crippen LogP contribution < -0.4 is 0 Å². The number of phenols is 1. The Morgan fingerprint density at radius 1 is 0.323 bits per heavy atom. The van der Waals surface area contributed by atoms with Crippen LogP contribution in [0.3, 0.4) is 0 Å². The first-order valence-corrected chi connectivity index (χ1v) is 10.8. The highest BCUT2D eigenvalue weighted by atomic mass is 16.3. The quantitative estimate of drug-likeness (QED) is 0.204. The van der Waals surface area contributed by atoms with Crippen molar-refractivity contribution in [3.8, 4) is 5.75 Å². The molecule has 0 saturated carbocycles. The third-order valence-electron chi connectivity index (χ3n) is 7.60. The maximum Gasteiger partial charge on any atom is 0.116 e. The highest BCUT2D eigenvalue weighted by molar-refractivity contribution is 6.49. The molecule has 0 bridgehead atoms. The predicted molar refractivity (Wildman–Crippen MR) is 133 cm³/mol. The van der Waals surface area contributed by atoms with E-state index in [1.54, 1.807) is 0 Å². The van der Waals surface area contributed by atoms with E-state index < -0.39 is 0 Å². The summed E-state index contributed by atoms with van der Waals surface area (Å²) in [4.78, 5) is 0. The van der Waals surface area contributed by atoms with Crippen LogP contribution in [0.15, 0.2) is 78.9 Å². The summed E-state index contributed by atoms with van der Waals surface area (Å²) in [5, 5.41) is 31.3. The molecule has 0 unspecified atom stereocenters. The molecular weight excluding hydrogens is 376 g/mol. The molecule has 0 aliphatic rings. The van der Waals surface area contributed by atoms with Crippen LogP contribution in [0.5, 0.6) is 5.75 Å². The van der Waals surface area contributed by atoms with E-state index in [1.165, 1.54) is 75.4 Å². The number of benzene rings is 9. The van der Waals surface area contributed by atoms with Gasteiger partial charge in [-0.05, 0) is 123 Å². The second-order valence-corrected chi connectivity index (χ2v) is 9.13. The Balaban J connectivity index is 1.83. The maximum atomic E-state index is 10.4. The van der Waals surface area contributed by atoms with Gasteiger partial charge in [0.25, 0.3) is 0 Å². The fourth-order valence-corrected chi connectivity index (χ4v) is 6.55. The minimum atomic E-state index is 0.327. The van der Waals surface area contributed by atoms with Gasteiger partial charge in [0.15, 0.2) is 0 Å². The van der Waals surface area contributed by atoms with Crippen molar-refractivity contribution in [2.45, 2.75) is 0 Å². The van der Waals surface area contributed by atoms with Crippen LogP contribution in [0.25, 0.3) is 86.2 Å². The summed E-state index contributed by atoms with van der Waals surface area (Å²) >= 11 is 0. The molecule has 1 heteroatoms. The van der Waals surface area contributed by atoms with Gasteiger partial charge in [-0.2, -0.15) is 0 Å². The van der Waals surface area contributed by atoms with Crippen molar-refractivity contribution in [2.75, 3.05) is 0 Å². The zero-order chi connectivity index (χ0) is 20.0. The minimum Gasteiger partial charge on any atom is -0.508 e. The molecule has 0 heterocycles. The highest BCUT2D eigenvalue weighted by Gasteiger charge is 2.23. The van der Waals surface area contributed by atoms with Crippen molar-refractivity contribution in [1.82, 2.24) is 0 Å². The Bertz CT molecular complexity index is 2010. The lowest BCUT2D eigenvalue weighted by molar-refractivity contribution is 0.477. The summed E-state index contributed by atoms with van der Waals surface area (Å²) in [5.74, 6) is 0.327. The Labute approximate surface area is 176 Å². The van der Waals surface area contributed by atoms with Crippen molar-refractivity contribution < 1.29 is 5.11 Å². The lowest BCUT2D eigenvalue weighted by Gasteiger charge is -2.23. The average molecular weight is 390 g/mol. The van der Waals surface area contributed by atoms with Crippen molar-refractivity contribution in [1.29, 1.82) is 0 Å². The van der Waals surface area contributed by atoms with Crippen molar-refractivity contribution in [2.24, 2.45) is 0 Å². The molecule has 1 N–H and O–H groups in total. The Morgan fingerprint density at radius 2 is 0.677 bits per heavy atom. The van der Waals surface area contributed by atoms with Crippen LogP contribution in [0, 0.1) is 0 Å². The molecule has 0 aliphatic carbocycles. The molecule has 0 amide bonds. The molecule has 1 nitrogen and oxygen atoms in total. The zero-order valence-electron chi connectivity index (χ0n) is 16.5. The second-order valence-electron chi connectivity index (χ2n) is 9.13. The molecule has 9 aromatic rings. The van der Waals surface area contributed by atoms with Crippen molar-refractivity contribution in [3.63, 3.8) is 0 Å². The first kappa shape index (κ1) is 14.8.